The number of pyridine rings is 1. The largest absolute Gasteiger partial charge is 0.397 e. The maximum Gasteiger partial charge on any atom is 0.272 e. The molecule has 0 aromatic carbocycles. The number of rotatable bonds is 3. The van der Waals surface area contributed by atoms with Gasteiger partial charge in [0.05, 0.1) is 12.2 Å². The van der Waals surface area contributed by atoms with E-state index < -0.39 is 5.91 Å². The Balaban J connectivity index is 2.88. The molecule has 1 amide bonds. The fourth-order valence-electron chi connectivity index (χ4n) is 0.967. The number of nitrogen functional groups attached to an aromatic ring is 1. The Labute approximate surface area is 81.3 Å². The summed E-state index contributed by atoms with van der Waals surface area (Å²) in [5, 5.41) is 2.37. The molecular weight excluding hydrogens is 182 g/mol. The Bertz CT molecular complexity index is 363. The average Bonchev–Trinajstić information content (AvgIpc) is 2.18. The molecule has 0 spiro atoms. The van der Waals surface area contributed by atoms with Gasteiger partial charge in [-0.25, -0.2) is 4.98 Å². The van der Waals surface area contributed by atoms with Crippen LogP contribution in [0.25, 0.3) is 0 Å². The first-order valence-electron chi connectivity index (χ1n) is 4.10. The van der Waals surface area contributed by atoms with E-state index in [1.54, 1.807) is 19.1 Å². The lowest BCUT2D eigenvalue weighted by atomic mass is 10.2. The molecule has 3 N–H and O–H groups in total. The zero-order valence-corrected chi connectivity index (χ0v) is 7.78. The molecule has 0 aliphatic rings. The number of aromatic nitrogens is 1. The number of hydrogen-bond donors (Lipinski definition) is 2. The van der Waals surface area contributed by atoms with Crippen molar-refractivity contribution in [3.8, 4) is 0 Å². The quantitative estimate of drug-likeness (QED) is 0.656. The molecule has 74 valence electrons. The van der Waals surface area contributed by atoms with E-state index in [-0.39, 0.29) is 12.2 Å². The topological polar surface area (TPSA) is 85.1 Å². The van der Waals surface area contributed by atoms with Crippen LogP contribution >= 0.6 is 0 Å². The monoisotopic (exact) mass is 193 g/mol. The zero-order valence-electron chi connectivity index (χ0n) is 7.78. The summed E-state index contributed by atoms with van der Waals surface area (Å²) in [6, 6.07) is 3.32. The summed E-state index contributed by atoms with van der Waals surface area (Å²) in [5.41, 5.74) is 6.72. The van der Waals surface area contributed by atoms with Crippen LogP contribution in [0.1, 0.15) is 16.2 Å². The number of aldehydes is 1. The second-order valence-electron chi connectivity index (χ2n) is 2.77. The molecule has 0 atom stereocenters. The predicted octanol–water partition coefficient (Wildman–Crippen LogP) is -0.0991. The number of aryl methyl sites for hydroxylation is 1. The molecule has 1 heterocycles. The molecule has 5 nitrogen and oxygen atoms in total. The van der Waals surface area contributed by atoms with Gasteiger partial charge in [0.2, 0.25) is 0 Å². The molecule has 0 fully saturated rings. The third-order valence-electron chi connectivity index (χ3n) is 1.63. The summed E-state index contributed by atoms with van der Waals surface area (Å²) in [7, 11) is 0. The SMILES string of the molecule is Cc1ccc(N)c(C(=O)NCC=O)n1. The number of hydrogen-bond acceptors (Lipinski definition) is 4. The van der Waals surface area contributed by atoms with Crippen molar-refractivity contribution >= 4 is 17.9 Å². The van der Waals surface area contributed by atoms with Crippen molar-refractivity contribution in [2.24, 2.45) is 0 Å². The van der Waals surface area contributed by atoms with Gasteiger partial charge in [0.25, 0.3) is 5.91 Å². The molecule has 1 rings (SSSR count). The van der Waals surface area contributed by atoms with E-state index in [1.165, 1.54) is 0 Å². The molecule has 0 saturated carbocycles. The average molecular weight is 193 g/mol. The maximum absolute atomic E-state index is 11.4. The number of carbonyl (C=O) groups excluding carboxylic acids is 2. The van der Waals surface area contributed by atoms with Gasteiger partial charge in [0, 0.05) is 5.69 Å². The van der Waals surface area contributed by atoms with E-state index in [1.807, 2.05) is 0 Å². The van der Waals surface area contributed by atoms with Crippen LogP contribution in [0.5, 0.6) is 0 Å². The normalized spacial score (nSPS) is 9.50. The molecular formula is C9H11N3O2. The van der Waals surface area contributed by atoms with E-state index in [0.29, 0.717) is 17.7 Å². The Hall–Kier alpha value is -1.91. The predicted molar refractivity (Wildman–Crippen MR) is 51.8 cm³/mol. The minimum atomic E-state index is -0.432. The minimum Gasteiger partial charge on any atom is -0.397 e. The van der Waals surface area contributed by atoms with Gasteiger partial charge in [-0.15, -0.1) is 0 Å². The highest BCUT2D eigenvalue weighted by atomic mass is 16.2. The van der Waals surface area contributed by atoms with Crippen molar-refractivity contribution in [1.82, 2.24) is 10.3 Å². The maximum atomic E-state index is 11.4. The summed E-state index contributed by atoms with van der Waals surface area (Å²) in [6.07, 6.45) is 0.601. The van der Waals surface area contributed by atoms with E-state index in [9.17, 15) is 9.59 Å². The molecule has 0 aliphatic carbocycles. The van der Waals surface area contributed by atoms with Gasteiger partial charge in [-0.05, 0) is 19.1 Å². The van der Waals surface area contributed by atoms with Crippen molar-refractivity contribution in [1.29, 1.82) is 0 Å². The van der Waals surface area contributed by atoms with E-state index in [0.717, 1.165) is 0 Å². The molecule has 14 heavy (non-hydrogen) atoms. The second-order valence-corrected chi connectivity index (χ2v) is 2.77. The summed E-state index contributed by atoms with van der Waals surface area (Å²) in [6.45, 7) is 1.73. The lowest BCUT2D eigenvalue weighted by Gasteiger charge is -2.04. The Morgan fingerprint density at radius 2 is 2.36 bits per heavy atom. The Kier molecular flexibility index (Phi) is 3.17. The van der Waals surface area contributed by atoms with Crippen LogP contribution in [0.3, 0.4) is 0 Å². The van der Waals surface area contributed by atoms with Crippen LogP contribution in [-0.4, -0.2) is 23.7 Å². The molecule has 1 aromatic heterocycles. The van der Waals surface area contributed by atoms with Crippen LogP contribution < -0.4 is 11.1 Å². The molecule has 0 bridgehead atoms. The summed E-state index contributed by atoms with van der Waals surface area (Å²) in [4.78, 5) is 25.4. The Morgan fingerprint density at radius 1 is 1.64 bits per heavy atom. The number of nitrogens with zero attached hydrogens (tertiary/aromatic N) is 1. The first-order valence-corrected chi connectivity index (χ1v) is 4.10. The Morgan fingerprint density at radius 3 is 3.00 bits per heavy atom. The molecule has 1 aromatic rings. The van der Waals surface area contributed by atoms with Crippen LogP contribution in [0, 0.1) is 6.92 Å². The highest BCUT2D eigenvalue weighted by molar-refractivity contribution is 5.97. The summed E-state index contributed by atoms with van der Waals surface area (Å²) in [5.74, 6) is -0.432. The third kappa shape index (κ3) is 2.29. The van der Waals surface area contributed by atoms with Gasteiger partial charge >= 0.3 is 0 Å². The molecule has 0 saturated heterocycles. The van der Waals surface area contributed by atoms with E-state index >= 15 is 0 Å². The van der Waals surface area contributed by atoms with Crippen molar-refractivity contribution in [3.05, 3.63) is 23.5 Å². The number of nitrogens with one attached hydrogen (secondary N) is 1. The smallest absolute Gasteiger partial charge is 0.272 e. The lowest BCUT2D eigenvalue weighted by Crippen LogP contribution is -2.27. The van der Waals surface area contributed by atoms with Gasteiger partial charge < -0.3 is 15.8 Å². The van der Waals surface area contributed by atoms with Crippen molar-refractivity contribution < 1.29 is 9.59 Å². The summed E-state index contributed by atoms with van der Waals surface area (Å²) < 4.78 is 0. The first kappa shape index (κ1) is 10.2. The van der Waals surface area contributed by atoms with Crippen molar-refractivity contribution in [2.75, 3.05) is 12.3 Å². The highest BCUT2D eigenvalue weighted by Gasteiger charge is 2.10. The standard InChI is InChI=1S/C9H11N3O2/c1-6-2-3-7(10)8(12-6)9(14)11-4-5-13/h2-3,5H,4,10H2,1H3,(H,11,14). The van der Waals surface area contributed by atoms with E-state index in [4.69, 9.17) is 5.73 Å². The first-order chi connectivity index (χ1) is 6.65. The zero-order chi connectivity index (χ0) is 10.6. The van der Waals surface area contributed by atoms with Crippen LogP contribution in [-0.2, 0) is 4.79 Å². The van der Waals surface area contributed by atoms with Crippen LogP contribution in [0.2, 0.25) is 0 Å². The number of anilines is 1. The summed E-state index contributed by atoms with van der Waals surface area (Å²) >= 11 is 0. The second kappa shape index (κ2) is 4.36. The minimum absolute atomic E-state index is 0.0338. The highest BCUT2D eigenvalue weighted by Crippen LogP contribution is 2.08. The van der Waals surface area contributed by atoms with Crippen molar-refractivity contribution in [2.45, 2.75) is 6.92 Å². The van der Waals surface area contributed by atoms with E-state index in [2.05, 4.69) is 10.3 Å². The number of carbonyl (C=O) groups is 2. The fraction of sp³-hybridized carbons (Fsp3) is 0.222. The van der Waals surface area contributed by atoms with Gasteiger partial charge in [-0.1, -0.05) is 0 Å². The van der Waals surface area contributed by atoms with Gasteiger partial charge in [-0.3, -0.25) is 4.79 Å². The molecule has 5 heteroatoms. The van der Waals surface area contributed by atoms with Crippen molar-refractivity contribution in [3.63, 3.8) is 0 Å². The van der Waals surface area contributed by atoms with Gasteiger partial charge in [0.15, 0.2) is 5.69 Å². The molecule has 0 aliphatic heterocycles. The molecule has 0 unspecified atom stereocenters. The van der Waals surface area contributed by atoms with Gasteiger partial charge in [-0.2, -0.15) is 0 Å². The van der Waals surface area contributed by atoms with Crippen LogP contribution in [0.4, 0.5) is 5.69 Å². The number of nitrogens with two attached hydrogens (primary N) is 1. The third-order valence-corrected chi connectivity index (χ3v) is 1.63. The molecule has 0 radical (unpaired) electrons. The fourth-order valence-corrected chi connectivity index (χ4v) is 0.967. The van der Waals surface area contributed by atoms with Gasteiger partial charge in [0.1, 0.15) is 6.29 Å². The number of amides is 1. The van der Waals surface area contributed by atoms with Crippen LogP contribution in [0.15, 0.2) is 12.1 Å². The lowest BCUT2D eigenvalue weighted by molar-refractivity contribution is -0.107.